The van der Waals surface area contributed by atoms with Crippen molar-refractivity contribution < 1.29 is 18.8 Å². The Hall–Kier alpha value is -3.51. The summed E-state index contributed by atoms with van der Waals surface area (Å²) in [4.78, 5) is 40.1. The second-order valence-corrected chi connectivity index (χ2v) is 8.12. The second kappa shape index (κ2) is 8.93. The number of Topliss-reactive ketones (excluding diaryl/α,β-unsaturated/α-hetero) is 1. The van der Waals surface area contributed by atoms with Crippen molar-refractivity contribution >= 4 is 34.9 Å². The highest BCUT2D eigenvalue weighted by molar-refractivity contribution is 6.30. The third kappa shape index (κ3) is 4.41. The van der Waals surface area contributed by atoms with E-state index in [4.69, 9.17) is 11.6 Å². The normalized spacial score (nSPS) is 15.5. The molecule has 0 bridgehead atoms. The minimum Gasteiger partial charge on any atom is -0.348 e. The van der Waals surface area contributed by atoms with Crippen LogP contribution in [0.4, 0.5) is 10.1 Å². The molecule has 5 nitrogen and oxygen atoms in total. The Labute approximate surface area is 189 Å². The number of ketones is 1. The van der Waals surface area contributed by atoms with E-state index in [1.54, 1.807) is 55.6 Å². The third-order valence-electron chi connectivity index (χ3n) is 5.55. The summed E-state index contributed by atoms with van der Waals surface area (Å²) in [5.74, 6) is -2.18. The molecule has 1 heterocycles. The number of carbonyl (C=O) groups excluding carboxylic acids is 3. The highest BCUT2D eigenvalue weighted by Gasteiger charge is 2.38. The SMILES string of the molecule is CN1C(=O)C(Cc2ccc(Cl)cc2)C(=O)c2cc(C(=O)NCc3ccc(F)cc3)ccc21. The van der Waals surface area contributed by atoms with Gasteiger partial charge in [-0.1, -0.05) is 35.9 Å². The van der Waals surface area contributed by atoms with E-state index in [1.165, 1.54) is 23.1 Å². The van der Waals surface area contributed by atoms with Crippen molar-refractivity contribution in [3.63, 3.8) is 0 Å². The number of halogens is 2. The van der Waals surface area contributed by atoms with Crippen molar-refractivity contribution in [2.75, 3.05) is 11.9 Å². The van der Waals surface area contributed by atoms with Gasteiger partial charge < -0.3 is 10.2 Å². The summed E-state index contributed by atoms with van der Waals surface area (Å²) < 4.78 is 13.0. The smallest absolute Gasteiger partial charge is 0.251 e. The number of hydrogen-bond acceptors (Lipinski definition) is 3. The number of rotatable bonds is 5. The Bertz CT molecular complexity index is 1190. The topological polar surface area (TPSA) is 66.5 Å². The molecule has 2 amide bonds. The van der Waals surface area contributed by atoms with Crippen LogP contribution < -0.4 is 10.2 Å². The first-order valence-electron chi connectivity index (χ1n) is 10.1. The number of anilines is 1. The van der Waals surface area contributed by atoms with Gasteiger partial charge in [0.1, 0.15) is 11.7 Å². The zero-order valence-corrected chi connectivity index (χ0v) is 18.0. The van der Waals surface area contributed by atoms with Gasteiger partial charge in [-0.2, -0.15) is 0 Å². The summed E-state index contributed by atoms with van der Waals surface area (Å²) in [6.45, 7) is 0.224. The predicted octanol–water partition coefficient (Wildman–Crippen LogP) is 4.43. The average Bonchev–Trinajstić information content (AvgIpc) is 2.80. The van der Waals surface area contributed by atoms with Gasteiger partial charge in [-0.3, -0.25) is 14.4 Å². The molecule has 0 fully saturated rings. The Morgan fingerprint density at radius 3 is 2.34 bits per heavy atom. The van der Waals surface area contributed by atoms with Crippen molar-refractivity contribution in [1.29, 1.82) is 0 Å². The summed E-state index contributed by atoms with van der Waals surface area (Å²) in [6.07, 6.45) is 0.250. The van der Waals surface area contributed by atoms with E-state index in [2.05, 4.69) is 5.32 Å². The monoisotopic (exact) mass is 450 g/mol. The van der Waals surface area contributed by atoms with E-state index in [9.17, 15) is 18.8 Å². The van der Waals surface area contributed by atoms with E-state index < -0.39 is 5.92 Å². The summed E-state index contributed by atoms with van der Waals surface area (Å²) in [7, 11) is 1.62. The van der Waals surface area contributed by atoms with Gasteiger partial charge >= 0.3 is 0 Å². The Morgan fingerprint density at radius 1 is 1.00 bits per heavy atom. The van der Waals surface area contributed by atoms with Gasteiger partial charge in [0.25, 0.3) is 5.91 Å². The van der Waals surface area contributed by atoms with Gasteiger partial charge in [0, 0.05) is 29.7 Å². The molecule has 1 aliphatic heterocycles. The molecule has 32 heavy (non-hydrogen) atoms. The molecule has 1 atom stereocenters. The number of hydrogen-bond donors (Lipinski definition) is 1. The van der Waals surface area contributed by atoms with Gasteiger partial charge in [0.15, 0.2) is 5.78 Å². The van der Waals surface area contributed by atoms with E-state index in [0.29, 0.717) is 21.8 Å². The molecule has 0 aromatic heterocycles. The Balaban J connectivity index is 1.55. The van der Waals surface area contributed by atoms with Crippen LogP contribution in [0.2, 0.25) is 5.02 Å². The number of carbonyl (C=O) groups is 3. The molecule has 0 aliphatic carbocycles. The fraction of sp³-hybridized carbons (Fsp3) is 0.160. The van der Waals surface area contributed by atoms with Gasteiger partial charge in [0.05, 0.1) is 5.69 Å². The molecule has 3 aromatic carbocycles. The van der Waals surface area contributed by atoms with Crippen molar-refractivity contribution in [2.45, 2.75) is 13.0 Å². The van der Waals surface area contributed by atoms with Gasteiger partial charge in [-0.05, 0) is 60.0 Å². The van der Waals surface area contributed by atoms with Crippen LogP contribution in [0.1, 0.15) is 31.8 Å². The number of nitrogens with zero attached hydrogens (tertiary/aromatic N) is 1. The van der Waals surface area contributed by atoms with Crippen molar-refractivity contribution in [3.05, 3.63) is 99.8 Å². The van der Waals surface area contributed by atoms with E-state index in [-0.39, 0.29) is 36.4 Å². The molecular weight excluding hydrogens is 431 g/mol. The lowest BCUT2D eigenvalue weighted by Crippen LogP contribution is -2.43. The molecule has 1 aliphatic rings. The van der Waals surface area contributed by atoms with Crippen LogP contribution >= 0.6 is 11.6 Å². The highest BCUT2D eigenvalue weighted by Crippen LogP contribution is 2.32. The van der Waals surface area contributed by atoms with Crippen LogP contribution in [-0.4, -0.2) is 24.6 Å². The number of nitrogens with one attached hydrogen (secondary N) is 1. The molecule has 3 aromatic rings. The first-order chi connectivity index (χ1) is 15.3. The van der Waals surface area contributed by atoms with Crippen molar-refractivity contribution in [1.82, 2.24) is 5.32 Å². The highest BCUT2D eigenvalue weighted by atomic mass is 35.5. The molecule has 1 N–H and O–H groups in total. The first-order valence-corrected chi connectivity index (χ1v) is 10.4. The van der Waals surface area contributed by atoms with Crippen LogP contribution in [0.15, 0.2) is 66.7 Å². The van der Waals surface area contributed by atoms with Crippen LogP contribution in [0.5, 0.6) is 0 Å². The maximum Gasteiger partial charge on any atom is 0.251 e. The number of amides is 2. The molecule has 0 spiro atoms. The molecule has 162 valence electrons. The van der Waals surface area contributed by atoms with Gasteiger partial charge in [0.2, 0.25) is 5.91 Å². The van der Waals surface area contributed by atoms with Crippen LogP contribution in [0.25, 0.3) is 0 Å². The fourth-order valence-corrected chi connectivity index (χ4v) is 3.87. The quantitative estimate of drug-likeness (QED) is 0.585. The first kappa shape index (κ1) is 21.7. The van der Waals surface area contributed by atoms with Gasteiger partial charge in [-0.25, -0.2) is 4.39 Å². The standard InChI is InChI=1S/C25H20ClFN2O3/c1-29-22-11-6-17(24(31)28-14-16-4-9-19(27)10-5-16)13-20(22)23(30)21(25(29)32)12-15-2-7-18(26)8-3-15/h2-11,13,21H,12,14H2,1H3,(H,28,31). The minimum atomic E-state index is -0.869. The van der Waals surface area contributed by atoms with E-state index in [0.717, 1.165) is 11.1 Å². The Kier molecular flexibility index (Phi) is 6.06. The predicted molar refractivity (Wildman–Crippen MR) is 120 cm³/mol. The molecule has 0 saturated heterocycles. The summed E-state index contributed by atoms with van der Waals surface area (Å²) in [5.41, 5.74) is 2.70. The third-order valence-corrected chi connectivity index (χ3v) is 5.80. The fourth-order valence-electron chi connectivity index (χ4n) is 3.74. The number of benzene rings is 3. The Morgan fingerprint density at radius 2 is 1.66 bits per heavy atom. The zero-order valence-electron chi connectivity index (χ0n) is 17.3. The lowest BCUT2D eigenvalue weighted by molar-refractivity contribution is -0.120. The second-order valence-electron chi connectivity index (χ2n) is 7.69. The summed E-state index contributed by atoms with van der Waals surface area (Å²) >= 11 is 5.92. The largest absolute Gasteiger partial charge is 0.348 e. The maximum atomic E-state index is 13.2. The summed E-state index contributed by atoms with van der Waals surface area (Å²) in [5, 5.41) is 3.34. The van der Waals surface area contributed by atoms with Crippen LogP contribution in [0.3, 0.4) is 0 Å². The van der Waals surface area contributed by atoms with Crippen LogP contribution in [0, 0.1) is 11.7 Å². The molecule has 4 rings (SSSR count). The maximum absolute atomic E-state index is 13.2. The minimum absolute atomic E-state index is 0.224. The molecular formula is C25H20ClFN2O3. The molecule has 7 heteroatoms. The molecule has 0 saturated carbocycles. The van der Waals surface area contributed by atoms with E-state index >= 15 is 0 Å². The lowest BCUT2D eigenvalue weighted by atomic mass is 9.85. The molecule has 0 radical (unpaired) electrons. The number of fused-ring (bicyclic) bond motifs is 1. The zero-order chi connectivity index (χ0) is 22.8. The lowest BCUT2D eigenvalue weighted by Gasteiger charge is -2.30. The van der Waals surface area contributed by atoms with Crippen LogP contribution in [-0.2, 0) is 17.8 Å². The van der Waals surface area contributed by atoms with Crippen molar-refractivity contribution in [3.8, 4) is 0 Å². The molecule has 1 unspecified atom stereocenters. The summed E-state index contributed by atoms with van der Waals surface area (Å²) in [6, 6.07) is 17.6. The van der Waals surface area contributed by atoms with Crippen molar-refractivity contribution in [2.24, 2.45) is 5.92 Å². The average molecular weight is 451 g/mol. The van der Waals surface area contributed by atoms with E-state index in [1.807, 2.05) is 0 Å². The van der Waals surface area contributed by atoms with Gasteiger partial charge in [-0.15, -0.1) is 0 Å².